The first-order valence-corrected chi connectivity index (χ1v) is 9.38. The first kappa shape index (κ1) is 19.5. The van der Waals surface area contributed by atoms with Crippen LogP contribution in [0.2, 0.25) is 0 Å². The van der Waals surface area contributed by atoms with Gasteiger partial charge in [-0.1, -0.05) is 12.1 Å². The lowest BCUT2D eigenvalue weighted by atomic mass is 10.1. The van der Waals surface area contributed by atoms with Crippen LogP contribution >= 0.6 is 12.2 Å². The van der Waals surface area contributed by atoms with Crippen LogP contribution in [0.1, 0.15) is 5.69 Å². The molecule has 0 aliphatic carbocycles. The molecule has 2 aromatic carbocycles. The van der Waals surface area contributed by atoms with Gasteiger partial charge in [0.25, 0.3) is 11.8 Å². The van der Waals surface area contributed by atoms with Gasteiger partial charge in [-0.2, -0.15) is 0 Å². The maximum atomic E-state index is 14.3. The summed E-state index contributed by atoms with van der Waals surface area (Å²) in [4.78, 5) is 26.6. The lowest BCUT2D eigenvalue weighted by Crippen LogP contribution is -2.54. The number of halogens is 1. The number of ether oxygens (including phenoxy) is 1. The minimum Gasteiger partial charge on any atom is -0.497 e. The molecule has 30 heavy (non-hydrogen) atoms. The molecule has 0 bridgehead atoms. The normalized spacial score (nSPS) is 15.5. The number of carbonyl (C=O) groups excluding carboxylic acids is 2. The Bertz CT molecular complexity index is 1180. The fourth-order valence-corrected chi connectivity index (χ4v) is 3.42. The summed E-state index contributed by atoms with van der Waals surface area (Å²) in [5, 5.41) is 2.29. The Morgan fingerprint density at radius 1 is 1.03 bits per heavy atom. The summed E-state index contributed by atoms with van der Waals surface area (Å²) in [5.74, 6) is -1.25. The molecule has 1 aliphatic rings. The third-order valence-corrected chi connectivity index (χ3v) is 4.90. The zero-order valence-corrected chi connectivity index (χ0v) is 16.7. The monoisotopic (exact) mass is 421 g/mol. The molecule has 1 fully saturated rings. The van der Waals surface area contributed by atoms with E-state index in [9.17, 15) is 14.0 Å². The highest BCUT2D eigenvalue weighted by molar-refractivity contribution is 7.80. The first-order chi connectivity index (χ1) is 14.5. The van der Waals surface area contributed by atoms with E-state index < -0.39 is 17.6 Å². The van der Waals surface area contributed by atoms with Gasteiger partial charge in [-0.05, 0) is 66.8 Å². The molecule has 0 radical (unpaired) electrons. The minimum absolute atomic E-state index is 0.0241. The van der Waals surface area contributed by atoms with Crippen LogP contribution in [0.25, 0.3) is 11.8 Å². The fourth-order valence-electron chi connectivity index (χ4n) is 3.15. The van der Waals surface area contributed by atoms with Crippen molar-refractivity contribution in [3.63, 3.8) is 0 Å². The Hall–Kier alpha value is -3.78. The molecule has 150 valence electrons. The molecule has 6 nitrogen and oxygen atoms in total. The quantitative estimate of drug-likeness (QED) is 0.398. The largest absolute Gasteiger partial charge is 0.497 e. The molecular formula is C22H16FN3O3S. The second-order valence-electron chi connectivity index (χ2n) is 6.41. The van der Waals surface area contributed by atoms with E-state index in [-0.39, 0.29) is 16.4 Å². The van der Waals surface area contributed by atoms with Crippen LogP contribution in [0.5, 0.6) is 5.75 Å². The number of anilines is 1. The number of aromatic nitrogens is 1. The van der Waals surface area contributed by atoms with Crippen molar-refractivity contribution >= 4 is 40.9 Å². The van der Waals surface area contributed by atoms with Crippen LogP contribution < -0.4 is 15.0 Å². The van der Waals surface area contributed by atoms with Gasteiger partial charge in [-0.15, -0.1) is 0 Å². The van der Waals surface area contributed by atoms with E-state index in [0.717, 1.165) is 10.6 Å². The molecule has 4 rings (SSSR count). The summed E-state index contributed by atoms with van der Waals surface area (Å²) in [6, 6.07) is 16.6. The number of nitrogens with one attached hydrogen (secondary N) is 1. The Labute approximate surface area is 177 Å². The number of amides is 2. The maximum absolute atomic E-state index is 14.3. The van der Waals surface area contributed by atoms with Crippen LogP contribution in [-0.2, 0) is 9.59 Å². The number of hydrogen-bond donors (Lipinski definition) is 1. The van der Waals surface area contributed by atoms with Gasteiger partial charge in [0.05, 0.1) is 12.8 Å². The van der Waals surface area contributed by atoms with Gasteiger partial charge in [0.2, 0.25) is 0 Å². The number of nitrogens with zero attached hydrogens (tertiary/aromatic N) is 2. The topological polar surface area (TPSA) is 63.6 Å². The average molecular weight is 421 g/mol. The Morgan fingerprint density at radius 3 is 2.47 bits per heavy atom. The second-order valence-corrected chi connectivity index (χ2v) is 6.80. The van der Waals surface area contributed by atoms with Gasteiger partial charge in [0.15, 0.2) is 5.11 Å². The summed E-state index contributed by atoms with van der Waals surface area (Å²) in [7, 11) is 1.58. The fraction of sp³-hybridized carbons (Fsp3) is 0.0455. The summed E-state index contributed by atoms with van der Waals surface area (Å²) in [6.07, 6.45) is 3.26. The summed E-state index contributed by atoms with van der Waals surface area (Å²) in [6.45, 7) is 0. The van der Waals surface area contributed by atoms with Crippen molar-refractivity contribution in [1.29, 1.82) is 0 Å². The van der Waals surface area contributed by atoms with Crippen molar-refractivity contribution in [2.45, 2.75) is 0 Å². The van der Waals surface area contributed by atoms with Gasteiger partial charge in [-0.3, -0.25) is 14.9 Å². The van der Waals surface area contributed by atoms with E-state index >= 15 is 0 Å². The van der Waals surface area contributed by atoms with Crippen molar-refractivity contribution in [1.82, 2.24) is 9.88 Å². The number of rotatable bonds is 4. The van der Waals surface area contributed by atoms with Crippen molar-refractivity contribution < 1.29 is 18.7 Å². The summed E-state index contributed by atoms with van der Waals surface area (Å²) >= 11 is 5.11. The predicted molar refractivity (Wildman–Crippen MR) is 115 cm³/mol. The molecule has 1 aromatic heterocycles. The third-order valence-electron chi connectivity index (χ3n) is 4.62. The van der Waals surface area contributed by atoms with Crippen molar-refractivity contribution in [2.24, 2.45) is 0 Å². The van der Waals surface area contributed by atoms with Gasteiger partial charge in [0.1, 0.15) is 17.1 Å². The van der Waals surface area contributed by atoms with E-state index in [4.69, 9.17) is 17.0 Å². The molecule has 2 amide bonds. The number of methoxy groups -OCH3 is 1. The Morgan fingerprint density at radius 2 is 1.77 bits per heavy atom. The van der Waals surface area contributed by atoms with Crippen LogP contribution in [-0.4, -0.2) is 28.6 Å². The predicted octanol–water partition coefficient (Wildman–Crippen LogP) is 3.46. The number of hydrogen-bond acceptors (Lipinski definition) is 4. The lowest BCUT2D eigenvalue weighted by Gasteiger charge is -2.29. The molecule has 1 N–H and O–H groups in total. The van der Waals surface area contributed by atoms with E-state index in [2.05, 4.69) is 5.32 Å². The molecule has 0 atom stereocenters. The molecule has 1 saturated heterocycles. The number of carbonyl (C=O) groups is 2. The zero-order chi connectivity index (χ0) is 21.3. The van der Waals surface area contributed by atoms with Crippen molar-refractivity contribution in [3.05, 3.63) is 83.9 Å². The highest BCUT2D eigenvalue weighted by atomic mass is 32.1. The van der Waals surface area contributed by atoms with Crippen molar-refractivity contribution in [2.75, 3.05) is 12.0 Å². The van der Waals surface area contributed by atoms with E-state index in [1.54, 1.807) is 31.5 Å². The van der Waals surface area contributed by atoms with Gasteiger partial charge in [0, 0.05) is 17.6 Å². The van der Waals surface area contributed by atoms with Crippen LogP contribution in [0.4, 0.5) is 10.1 Å². The molecule has 2 heterocycles. The summed E-state index contributed by atoms with van der Waals surface area (Å²) in [5.41, 5.74) is 1.24. The second kappa shape index (κ2) is 7.92. The third kappa shape index (κ3) is 3.48. The maximum Gasteiger partial charge on any atom is 0.270 e. The molecule has 1 aliphatic heterocycles. The van der Waals surface area contributed by atoms with Crippen LogP contribution in [0, 0.1) is 5.82 Å². The van der Waals surface area contributed by atoms with E-state index in [1.807, 2.05) is 28.8 Å². The van der Waals surface area contributed by atoms with Crippen LogP contribution in [0.15, 0.2) is 72.4 Å². The Balaban J connectivity index is 1.74. The van der Waals surface area contributed by atoms with Gasteiger partial charge < -0.3 is 9.30 Å². The van der Waals surface area contributed by atoms with Crippen molar-refractivity contribution in [3.8, 4) is 11.4 Å². The van der Waals surface area contributed by atoms with E-state index in [1.165, 1.54) is 24.3 Å². The minimum atomic E-state index is -0.698. The molecular weight excluding hydrogens is 405 g/mol. The molecule has 0 unspecified atom stereocenters. The number of thiocarbonyl (C=S) groups is 1. The molecule has 8 heteroatoms. The summed E-state index contributed by atoms with van der Waals surface area (Å²) < 4.78 is 21.3. The highest BCUT2D eigenvalue weighted by Crippen LogP contribution is 2.25. The SMILES string of the molecule is COc1ccc(-n2cccc2/C=C2/C(=O)NC(=S)N(c3ccccc3F)C2=O)cc1. The molecule has 0 saturated carbocycles. The highest BCUT2D eigenvalue weighted by Gasteiger charge is 2.35. The number of para-hydroxylation sites is 1. The smallest absolute Gasteiger partial charge is 0.270 e. The lowest BCUT2D eigenvalue weighted by molar-refractivity contribution is -0.122. The molecule has 3 aromatic rings. The van der Waals surface area contributed by atoms with Crippen LogP contribution in [0.3, 0.4) is 0 Å². The van der Waals surface area contributed by atoms with Gasteiger partial charge in [-0.25, -0.2) is 9.29 Å². The first-order valence-electron chi connectivity index (χ1n) is 8.97. The van der Waals surface area contributed by atoms with Gasteiger partial charge >= 0.3 is 0 Å². The standard InChI is InChI=1S/C22H16FN3O3S/c1-29-16-10-8-14(9-11-16)25-12-4-5-15(25)13-17-20(27)24-22(30)26(21(17)28)19-7-3-2-6-18(19)23/h2-13H,1H3,(H,24,27,30)/b17-13-. The number of benzene rings is 2. The zero-order valence-electron chi connectivity index (χ0n) is 15.8. The Kier molecular flexibility index (Phi) is 5.16. The van der Waals surface area contributed by atoms with E-state index in [0.29, 0.717) is 11.4 Å². The average Bonchev–Trinajstić information content (AvgIpc) is 3.20. The molecule has 0 spiro atoms.